The fraction of sp³-hybridized carbons (Fsp3) is 0.316. The van der Waals surface area contributed by atoms with Crippen LogP contribution in [0.2, 0.25) is 0 Å². The van der Waals surface area contributed by atoms with E-state index in [1.165, 1.54) is 12.1 Å². The molecule has 0 radical (unpaired) electrons. The number of ether oxygens (including phenoxy) is 2. The average molecular weight is 376 g/mol. The van der Waals surface area contributed by atoms with E-state index >= 15 is 0 Å². The number of aliphatic hydroxyl groups excluding tert-OH is 4. The fourth-order valence-electron chi connectivity index (χ4n) is 2.83. The Morgan fingerprint density at radius 2 is 1.44 bits per heavy atom. The van der Waals surface area contributed by atoms with Crippen molar-refractivity contribution in [3.63, 3.8) is 0 Å². The molecule has 27 heavy (non-hydrogen) atoms. The molecule has 5 N–H and O–H groups in total. The van der Waals surface area contributed by atoms with Crippen LogP contribution in [0.4, 0.5) is 0 Å². The molecule has 1 aliphatic heterocycles. The Bertz CT molecular complexity index is 771. The maximum Gasteiger partial charge on any atom is 0.335 e. The monoisotopic (exact) mass is 376 g/mol. The molecule has 2 aromatic rings. The lowest BCUT2D eigenvalue weighted by Crippen LogP contribution is -2.60. The Labute approximate surface area is 154 Å². The lowest BCUT2D eigenvalue weighted by molar-refractivity contribution is -0.277. The molecule has 0 spiro atoms. The predicted molar refractivity (Wildman–Crippen MR) is 93.2 cm³/mol. The van der Waals surface area contributed by atoms with Gasteiger partial charge in [0, 0.05) is 0 Å². The number of carboxylic acids is 1. The lowest BCUT2D eigenvalue weighted by Gasteiger charge is -2.39. The van der Waals surface area contributed by atoms with Gasteiger partial charge in [-0.15, -0.1) is 0 Å². The zero-order chi connectivity index (χ0) is 19.6. The van der Waals surface area contributed by atoms with Crippen LogP contribution in [0.1, 0.15) is 10.4 Å². The highest BCUT2D eigenvalue weighted by Gasteiger charge is 2.44. The Balaban J connectivity index is 1.71. The molecular weight excluding hydrogens is 356 g/mol. The summed E-state index contributed by atoms with van der Waals surface area (Å²) in [6.07, 6.45) is -6.72. The molecular formula is C19H20O8. The van der Waals surface area contributed by atoms with Gasteiger partial charge in [0.2, 0.25) is 6.29 Å². The number of hydrogen-bond donors (Lipinski definition) is 5. The van der Waals surface area contributed by atoms with Crippen LogP contribution in [-0.2, 0) is 4.74 Å². The van der Waals surface area contributed by atoms with Crippen molar-refractivity contribution >= 4 is 5.97 Å². The second-order valence-corrected chi connectivity index (χ2v) is 6.22. The maximum atomic E-state index is 10.9. The molecule has 8 heteroatoms. The molecule has 0 bridgehead atoms. The number of carboxylic acid groups (broad SMARTS) is 1. The molecule has 8 nitrogen and oxygen atoms in total. The Hall–Kier alpha value is -2.49. The first-order chi connectivity index (χ1) is 12.9. The second kappa shape index (κ2) is 8.03. The van der Waals surface area contributed by atoms with E-state index in [9.17, 15) is 25.2 Å². The first-order valence-corrected chi connectivity index (χ1v) is 8.31. The predicted octanol–water partition coefficient (Wildman–Crippen LogP) is 0.230. The molecule has 0 saturated carbocycles. The Morgan fingerprint density at radius 1 is 0.889 bits per heavy atom. The van der Waals surface area contributed by atoms with Gasteiger partial charge >= 0.3 is 5.97 Å². The molecule has 0 amide bonds. The van der Waals surface area contributed by atoms with Crippen molar-refractivity contribution in [2.24, 2.45) is 0 Å². The van der Waals surface area contributed by atoms with Gasteiger partial charge in [-0.1, -0.05) is 24.3 Å². The van der Waals surface area contributed by atoms with Gasteiger partial charge in [0.15, 0.2) is 0 Å². The van der Waals surface area contributed by atoms with E-state index in [2.05, 4.69) is 0 Å². The quantitative estimate of drug-likeness (QED) is 0.500. The molecule has 1 fully saturated rings. The molecule has 0 aliphatic carbocycles. The molecule has 5 unspecified atom stereocenters. The highest BCUT2D eigenvalue weighted by atomic mass is 16.7. The van der Waals surface area contributed by atoms with Crippen molar-refractivity contribution in [1.29, 1.82) is 0 Å². The van der Waals surface area contributed by atoms with Crippen molar-refractivity contribution in [3.8, 4) is 16.9 Å². The van der Waals surface area contributed by atoms with Crippen LogP contribution in [0, 0.1) is 0 Å². The maximum absolute atomic E-state index is 10.9. The van der Waals surface area contributed by atoms with E-state index < -0.39 is 43.3 Å². The number of aliphatic hydroxyl groups is 4. The van der Waals surface area contributed by atoms with Gasteiger partial charge in [0.25, 0.3) is 0 Å². The third-order valence-electron chi connectivity index (χ3n) is 4.42. The van der Waals surface area contributed by atoms with Gasteiger partial charge in [0.1, 0.15) is 30.2 Å². The first kappa shape index (κ1) is 19.3. The third-order valence-corrected chi connectivity index (χ3v) is 4.42. The van der Waals surface area contributed by atoms with Gasteiger partial charge in [0.05, 0.1) is 12.2 Å². The van der Waals surface area contributed by atoms with Crippen molar-refractivity contribution in [3.05, 3.63) is 54.1 Å². The number of aromatic carboxylic acids is 1. The Kier molecular flexibility index (Phi) is 5.73. The van der Waals surface area contributed by atoms with Gasteiger partial charge < -0.3 is 35.0 Å². The van der Waals surface area contributed by atoms with Crippen molar-refractivity contribution in [1.82, 2.24) is 0 Å². The van der Waals surface area contributed by atoms with E-state index in [4.69, 9.17) is 14.6 Å². The van der Waals surface area contributed by atoms with Gasteiger partial charge in [-0.05, 0) is 35.4 Å². The lowest BCUT2D eigenvalue weighted by atomic mass is 9.99. The highest BCUT2D eigenvalue weighted by Crippen LogP contribution is 2.27. The smallest absolute Gasteiger partial charge is 0.335 e. The zero-order valence-corrected chi connectivity index (χ0v) is 14.2. The van der Waals surface area contributed by atoms with E-state index in [1.807, 2.05) is 0 Å². The number of carbonyl (C=O) groups is 1. The van der Waals surface area contributed by atoms with E-state index in [1.54, 1.807) is 36.4 Å². The summed E-state index contributed by atoms with van der Waals surface area (Å²) in [7, 11) is 0. The van der Waals surface area contributed by atoms with E-state index in [0.717, 1.165) is 11.1 Å². The molecule has 0 aromatic heterocycles. The van der Waals surface area contributed by atoms with E-state index in [-0.39, 0.29) is 5.56 Å². The van der Waals surface area contributed by atoms with Crippen LogP contribution < -0.4 is 4.74 Å². The summed E-state index contributed by atoms with van der Waals surface area (Å²) < 4.78 is 10.8. The van der Waals surface area contributed by atoms with Gasteiger partial charge in [-0.3, -0.25) is 0 Å². The minimum Gasteiger partial charge on any atom is -0.478 e. The molecule has 144 valence electrons. The third kappa shape index (κ3) is 4.10. The van der Waals surface area contributed by atoms with Crippen LogP contribution in [0.5, 0.6) is 5.75 Å². The summed E-state index contributed by atoms with van der Waals surface area (Å²) in [4.78, 5) is 10.9. The minimum atomic E-state index is -1.51. The highest BCUT2D eigenvalue weighted by molar-refractivity contribution is 5.88. The van der Waals surface area contributed by atoms with Crippen LogP contribution in [0.15, 0.2) is 48.5 Å². The average Bonchev–Trinajstić information content (AvgIpc) is 2.69. The largest absolute Gasteiger partial charge is 0.478 e. The molecule has 2 aromatic carbocycles. The minimum absolute atomic E-state index is 0.196. The molecule has 5 atom stereocenters. The van der Waals surface area contributed by atoms with Crippen molar-refractivity contribution in [2.75, 3.05) is 6.61 Å². The van der Waals surface area contributed by atoms with Gasteiger partial charge in [-0.2, -0.15) is 0 Å². The SMILES string of the molecule is O=C(O)c1ccc(-c2ccc(OC3OC(CO)C(O)C(O)C3O)cc2)cc1. The van der Waals surface area contributed by atoms with Crippen LogP contribution >= 0.6 is 0 Å². The molecule has 1 heterocycles. The van der Waals surface area contributed by atoms with Crippen LogP contribution in [0.25, 0.3) is 11.1 Å². The summed E-state index contributed by atoms with van der Waals surface area (Å²) in [5, 5.41) is 47.7. The summed E-state index contributed by atoms with van der Waals surface area (Å²) in [5.41, 5.74) is 1.84. The topological polar surface area (TPSA) is 137 Å². The summed E-state index contributed by atoms with van der Waals surface area (Å²) in [6.45, 7) is -0.532. The second-order valence-electron chi connectivity index (χ2n) is 6.22. The van der Waals surface area contributed by atoms with Crippen LogP contribution in [0.3, 0.4) is 0 Å². The van der Waals surface area contributed by atoms with Crippen molar-refractivity contribution < 1.29 is 39.8 Å². The fourth-order valence-corrected chi connectivity index (χ4v) is 2.83. The molecule has 3 rings (SSSR count). The van der Waals surface area contributed by atoms with E-state index in [0.29, 0.717) is 5.75 Å². The number of benzene rings is 2. The normalized spacial score (nSPS) is 27.9. The number of hydrogen-bond acceptors (Lipinski definition) is 7. The van der Waals surface area contributed by atoms with Crippen LogP contribution in [-0.4, -0.2) is 68.8 Å². The van der Waals surface area contributed by atoms with Gasteiger partial charge in [-0.25, -0.2) is 4.79 Å². The Morgan fingerprint density at radius 3 is 1.96 bits per heavy atom. The zero-order valence-electron chi connectivity index (χ0n) is 14.2. The molecule has 1 aliphatic rings. The molecule has 1 saturated heterocycles. The van der Waals surface area contributed by atoms with Crippen molar-refractivity contribution in [2.45, 2.75) is 30.7 Å². The first-order valence-electron chi connectivity index (χ1n) is 8.31. The number of rotatable bonds is 5. The summed E-state index contributed by atoms with van der Waals surface area (Å²) in [6, 6.07) is 13.1. The summed E-state index contributed by atoms with van der Waals surface area (Å²) in [5.74, 6) is -0.643. The standard InChI is InChI=1S/C19H20O8/c20-9-14-15(21)16(22)17(23)19(27-14)26-13-7-5-11(6-8-13)10-1-3-12(4-2-10)18(24)25/h1-8,14-17,19-23H,9H2,(H,24,25). The summed E-state index contributed by atoms with van der Waals surface area (Å²) >= 11 is 0.